The molecule has 0 spiro atoms. The van der Waals surface area contributed by atoms with Crippen LogP contribution in [0.3, 0.4) is 0 Å². The number of nitrogens with zero attached hydrogens (tertiary/aromatic N) is 1. The predicted octanol–water partition coefficient (Wildman–Crippen LogP) is 3.15. The Morgan fingerprint density at radius 1 is 1.32 bits per heavy atom. The SMILES string of the molecule is CNCCC1CCN(C(=O)C2CSc3ccccc32)CC1.Cl. The van der Waals surface area contributed by atoms with Crippen molar-refractivity contribution in [2.24, 2.45) is 5.92 Å². The van der Waals surface area contributed by atoms with Gasteiger partial charge in [0, 0.05) is 23.7 Å². The van der Waals surface area contributed by atoms with E-state index in [9.17, 15) is 4.79 Å². The monoisotopic (exact) mass is 340 g/mol. The lowest BCUT2D eigenvalue weighted by Crippen LogP contribution is -2.41. The van der Waals surface area contributed by atoms with Crippen LogP contribution in [0.4, 0.5) is 0 Å². The molecular formula is C17H25ClN2OS. The van der Waals surface area contributed by atoms with Crippen LogP contribution in [0, 0.1) is 5.92 Å². The van der Waals surface area contributed by atoms with Gasteiger partial charge in [-0.3, -0.25) is 4.79 Å². The van der Waals surface area contributed by atoms with E-state index in [1.54, 1.807) is 0 Å². The van der Waals surface area contributed by atoms with Gasteiger partial charge in [0.15, 0.2) is 0 Å². The van der Waals surface area contributed by atoms with Crippen molar-refractivity contribution in [3.63, 3.8) is 0 Å². The summed E-state index contributed by atoms with van der Waals surface area (Å²) in [4.78, 5) is 16.2. The topological polar surface area (TPSA) is 32.3 Å². The summed E-state index contributed by atoms with van der Waals surface area (Å²) >= 11 is 1.82. The van der Waals surface area contributed by atoms with Crippen LogP contribution < -0.4 is 5.32 Å². The fraction of sp³-hybridized carbons (Fsp3) is 0.588. The van der Waals surface area contributed by atoms with Crippen LogP contribution in [-0.4, -0.2) is 43.2 Å². The maximum atomic E-state index is 12.8. The highest BCUT2D eigenvalue weighted by molar-refractivity contribution is 7.99. The maximum Gasteiger partial charge on any atom is 0.231 e. The van der Waals surface area contributed by atoms with Gasteiger partial charge < -0.3 is 10.2 Å². The smallest absolute Gasteiger partial charge is 0.231 e. The van der Waals surface area contributed by atoms with Gasteiger partial charge in [0.25, 0.3) is 0 Å². The molecule has 122 valence electrons. The molecule has 0 saturated carbocycles. The highest BCUT2D eigenvalue weighted by Crippen LogP contribution is 2.40. The molecule has 0 radical (unpaired) electrons. The molecule has 5 heteroatoms. The van der Waals surface area contributed by atoms with E-state index in [1.165, 1.54) is 16.9 Å². The third-order valence-corrected chi connectivity index (χ3v) is 5.91. The van der Waals surface area contributed by atoms with E-state index < -0.39 is 0 Å². The largest absolute Gasteiger partial charge is 0.342 e. The summed E-state index contributed by atoms with van der Waals surface area (Å²) in [5, 5.41) is 3.22. The number of fused-ring (bicyclic) bond motifs is 1. The fourth-order valence-corrected chi connectivity index (χ4v) is 4.60. The molecule has 1 amide bonds. The number of carbonyl (C=O) groups excluding carboxylic acids is 1. The number of carbonyl (C=O) groups is 1. The Bertz CT molecular complexity index is 503. The fourth-order valence-electron chi connectivity index (χ4n) is 3.38. The van der Waals surface area contributed by atoms with Gasteiger partial charge in [-0.2, -0.15) is 0 Å². The normalized spacial score (nSPS) is 21.3. The summed E-state index contributed by atoms with van der Waals surface area (Å²) in [5.74, 6) is 2.13. The zero-order chi connectivity index (χ0) is 14.7. The van der Waals surface area contributed by atoms with Crippen molar-refractivity contribution < 1.29 is 4.79 Å². The average Bonchev–Trinajstić information content (AvgIpc) is 2.97. The molecule has 0 bridgehead atoms. The molecule has 1 N–H and O–H groups in total. The average molecular weight is 341 g/mol. The van der Waals surface area contributed by atoms with E-state index in [0.29, 0.717) is 5.91 Å². The van der Waals surface area contributed by atoms with Gasteiger partial charge in [-0.1, -0.05) is 18.2 Å². The van der Waals surface area contributed by atoms with Crippen LogP contribution >= 0.6 is 24.2 Å². The highest BCUT2D eigenvalue weighted by Gasteiger charge is 2.33. The van der Waals surface area contributed by atoms with Crippen molar-refractivity contribution in [1.29, 1.82) is 0 Å². The summed E-state index contributed by atoms with van der Waals surface area (Å²) in [6.45, 7) is 2.97. The highest BCUT2D eigenvalue weighted by atomic mass is 35.5. The first-order valence-corrected chi connectivity index (χ1v) is 8.93. The lowest BCUT2D eigenvalue weighted by Gasteiger charge is -2.33. The number of benzene rings is 1. The third-order valence-electron chi connectivity index (χ3n) is 4.73. The molecule has 1 fully saturated rings. The molecule has 1 aromatic carbocycles. The number of rotatable bonds is 4. The lowest BCUT2D eigenvalue weighted by atomic mass is 9.92. The van der Waals surface area contributed by atoms with Crippen LogP contribution in [0.2, 0.25) is 0 Å². The molecule has 3 rings (SSSR count). The van der Waals surface area contributed by atoms with E-state index in [2.05, 4.69) is 34.5 Å². The van der Waals surface area contributed by atoms with Gasteiger partial charge in [-0.15, -0.1) is 24.2 Å². The Labute approximate surface area is 143 Å². The molecule has 1 saturated heterocycles. The second-order valence-corrected chi connectivity index (χ2v) is 7.12. The second-order valence-electron chi connectivity index (χ2n) is 6.06. The number of thioether (sulfide) groups is 1. The second kappa shape index (κ2) is 8.23. The maximum absolute atomic E-state index is 12.8. The van der Waals surface area contributed by atoms with Crippen LogP contribution in [-0.2, 0) is 4.79 Å². The van der Waals surface area contributed by atoms with Gasteiger partial charge in [-0.25, -0.2) is 0 Å². The number of piperidine rings is 1. The number of hydrogen-bond acceptors (Lipinski definition) is 3. The molecular weight excluding hydrogens is 316 g/mol. The molecule has 0 aliphatic carbocycles. The van der Waals surface area contributed by atoms with Crippen LogP contribution in [0.25, 0.3) is 0 Å². The quantitative estimate of drug-likeness (QED) is 0.913. The van der Waals surface area contributed by atoms with E-state index >= 15 is 0 Å². The van der Waals surface area contributed by atoms with Crippen molar-refractivity contribution in [2.75, 3.05) is 32.4 Å². The number of amides is 1. The van der Waals surface area contributed by atoms with Gasteiger partial charge >= 0.3 is 0 Å². The van der Waals surface area contributed by atoms with Crippen molar-refractivity contribution in [3.05, 3.63) is 29.8 Å². The number of nitrogens with one attached hydrogen (secondary N) is 1. The van der Waals surface area contributed by atoms with Gasteiger partial charge in [0.2, 0.25) is 5.91 Å². The Hall–Kier alpha value is -0.710. The number of hydrogen-bond donors (Lipinski definition) is 1. The molecule has 3 nitrogen and oxygen atoms in total. The minimum atomic E-state index is 0. The molecule has 2 aliphatic rings. The first-order valence-electron chi connectivity index (χ1n) is 7.94. The van der Waals surface area contributed by atoms with Gasteiger partial charge in [0.05, 0.1) is 5.92 Å². The Morgan fingerprint density at radius 2 is 2.05 bits per heavy atom. The standard InChI is InChI=1S/C17H24N2OS.ClH/c1-18-9-6-13-7-10-19(11-8-13)17(20)15-12-21-16-5-3-2-4-14(15)16;/h2-5,13,15,18H,6-12H2,1H3;1H. The van der Waals surface area contributed by atoms with E-state index in [4.69, 9.17) is 0 Å². The number of halogens is 1. The molecule has 2 heterocycles. The summed E-state index contributed by atoms with van der Waals surface area (Å²) < 4.78 is 0. The zero-order valence-corrected chi connectivity index (χ0v) is 14.7. The minimum Gasteiger partial charge on any atom is -0.342 e. The summed E-state index contributed by atoms with van der Waals surface area (Å²) in [6.07, 6.45) is 3.56. The summed E-state index contributed by atoms with van der Waals surface area (Å²) in [6, 6.07) is 8.37. The van der Waals surface area contributed by atoms with Crippen molar-refractivity contribution in [1.82, 2.24) is 10.2 Å². The van der Waals surface area contributed by atoms with E-state index in [1.807, 2.05) is 18.8 Å². The predicted molar refractivity (Wildman–Crippen MR) is 95.0 cm³/mol. The summed E-state index contributed by atoms with van der Waals surface area (Å²) in [7, 11) is 2.01. The van der Waals surface area contributed by atoms with Crippen LogP contribution in [0.1, 0.15) is 30.7 Å². The van der Waals surface area contributed by atoms with Crippen molar-refractivity contribution >= 4 is 30.1 Å². The molecule has 1 unspecified atom stereocenters. The number of likely N-dealkylation sites (tertiary alicyclic amines) is 1. The molecule has 22 heavy (non-hydrogen) atoms. The van der Waals surface area contributed by atoms with Crippen LogP contribution in [0.5, 0.6) is 0 Å². The van der Waals surface area contributed by atoms with Gasteiger partial charge in [-0.05, 0) is 50.4 Å². The molecule has 0 aromatic heterocycles. The van der Waals surface area contributed by atoms with Crippen molar-refractivity contribution in [3.8, 4) is 0 Å². The Morgan fingerprint density at radius 3 is 2.77 bits per heavy atom. The first-order chi connectivity index (χ1) is 10.3. The third kappa shape index (κ3) is 3.79. The first kappa shape index (κ1) is 17.6. The van der Waals surface area contributed by atoms with Crippen LogP contribution in [0.15, 0.2) is 29.2 Å². The Kier molecular flexibility index (Phi) is 6.60. The molecule has 1 atom stereocenters. The Balaban J connectivity index is 0.00000176. The molecule has 2 aliphatic heterocycles. The van der Waals surface area contributed by atoms with E-state index in [-0.39, 0.29) is 18.3 Å². The zero-order valence-electron chi connectivity index (χ0n) is 13.1. The summed E-state index contributed by atoms with van der Waals surface area (Å²) in [5.41, 5.74) is 1.24. The van der Waals surface area contributed by atoms with E-state index in [0.717, 1.165) is 44.1 Å². The molecule has 1 aromatic rings. The van der Waals surface area contributed by atoms with Crippen molar-refractivity contribution in [2.45, 2.75) is 30.1 Å². The lowest BCUT2D eigenvalue weighted by molar-refractivity contribution is -0.133. The van der Waals surface area contributed by atoms with Gasteiger partial charge in [0.1, 0.15) is 0 Å². The minimum absolute atomic E-state index is 0.